The predicted octanol–water partition coefficient (Wildman–Crippen LogP) is 3.97. The van der Waals surface area contributed by atoms with Gasteiger partial charge >= 0.3 is 0 Å². The zero-order valence-corrected chi connectivity index (χ0v) is 19.1. The number of pyridine rings is 1. The Morgan fingerprint density at radius 2 is 1.85 bits per heavy atom. The molecule has 0 unspecified atom stereocenters. The second kappa shape index (κ2) is 9.62. The molecular weight excluding hydrogens is 438 g/mol. The standard InChI is InChI=1S/C25H27N3O4S/c1-2-15-28(19-11-7-4-8-12-19)33(31,32)20-13-14-23-21(16-20)24(29)22(17-26-23)25(30)27-18-9-5-3-6-10-18/h2,4,7-8,11-14,16-18H,1,3,5-6,9-10,15H2,(H,26,29)(H,27,30). The Labute approximate surface area is 193 Å². The average Bonchev–Trinajstić information content (AvgIpc) is 2.83. The van der Waals surface area contributed by atoms with Gasteiger partial charge < -0.3 is 10.3 Å². The maximum Gasteiger partial charge on any atom is 0.264 e. The Kier molecular flexibility index (Phi) is 6.65. The fourth-order valence-electron chi connectivity index (χ4n) is 4.22. The van der Waals surface area contributed by atoms with Crippen molar-refractivity contribution in [1.82, 2.24) is 10.3 Å². The van der Waals surface area contributed by atoms with Crippen molar-refractivity contribution in [2.45, 2.75) is 43.0 Å². The molecule has 0 bridgehead atoms. The lowest BCUT2D eigenvalue weighted by Crippen LogP contribution is -2.38. The van der Waals surface area contributed by atoms with E-state index in [-0.39, 0.29) is 28.4 Å². The van der Waals surface area contributed by atoms with E-state index in [4.69, 9.17) is 0 Å². The van der Waals surface area contributed by atoms with Crippen LogP contribution in [0.1, 0.15) is 42.5 Å². The molecule has 8 heteroatoms. The molecule has 1 aliphatic carbocycles. The summed E-state index contributed by atoms with van der Waals surface area (Å²) in [5.74, 6) is -0.434. The van der Waals surface area contributed by atoms with Gasteiger partial charge in [-0.2, -0.15) is 0 Å². The summed E-state index contributed by atoms with van der Waals surface area (Å²) < 4.78 is 28.1. The minimum atomic E-state index is -3.97. The number of nitrogens with one attached hydrogen (secondary N) is 2. The van der Waals surface area contributed by atoms with Crippen LogP contribution >= 0.6 is 0 Å². The SMILES string of the molecule is C=CCN(c1ccccc1)S(=O)(=O)c1ccc2[nH]cc(C(=O)NC3CCCCC3)c(=O)c2c1. The summed E-state index contributed by atoms with van der Waals surface area (Å²) in [6, 6.07) is 13.1. The van der Waals surface area contributed by atoms with Crippen LogP contribution in [0, 0.1) is 0 Å². The number of aromatic amines is 1. The van der Waals surface area contributed by atoms with E-state index in [0.29, 0.717) is 11.2 Å². The second-order valence-corrected chi connectivity index (χ2v) is 10.1. The third-order valence-corrected chi connectivity index (χ3v) is 7.75. The molecule has 4 rings (SSSR count). The molecule has 0 atom stereocenters. The van der Waals surface area contributed by atoms with E-state index in [0.717, 1.165) is 32.1 Å². The Bertz CT molecular complexity index is 1330. The molecule has 33 heavy (non-hydrogen) atoms. The molecule has 2 aromatic carbocycles. The highest BCUT2D eigenvalue weighted by molar-refractivity contribution is 7.92. The van der Waals surface area contributed by atoms with Crippen LogP contribution in [-0.4, -0.2) is 31.9 Å². The first-order chi connectivity index (χ1) is 15.9. The highest BCUT2D eigenvalue weighted by Gasteiger charge is 2.25. The number of H-pyrrole nitrogens is 1. The van der Waals surface area contributed by atoms with E-state index < -0.39 is 21.4 Å². The van der Waals surface area contributed by atoms with Crippen molar-refractivity contribution in [3.63, 3.8) is 0 Å². The van der Waals surface area contributed by atoms with Crippen LogP contribution in [0.5, 0.6) is 0 Å². The third kappa shape index (κ3) is 4.71. The second-order valence-electron chi connectivity index (χ2n) is 8.21. The van der Waals surface area contributed by atoms with Crippen LogP contribution in [0.3, 0.4) is 0 Å². The smallest absolute Gasteiger partial charge is 0.264 e. The molecule has 1 amide bonds. The summed E-state index contributed by atoms with van der Waals surface area (Å²) in [6.07, 6.45) is 7.98. The van der Waals surface area contributed by atoms with Crippen molar-refractivity contribution < 1.29 is 13.2 Å². The molecule has 172 valence electrons. The van der Waals surface area contributed by atoms with Gasteiger partial charge in [0.25, 0.3) is 15.9 Å². The molecule has 0 aliphatic heterocycles. The lowest BCUT2D eigenvalue weighted by atomic mass is 9.95. The average molecular weight is 466 g/mol. The molecule has 2 N–H and O–H groups in total. The first-order valence-corrected chi connectivity index (χ1v) is 12.5. The van der Waals surface area contributed by atoms with Gasteiger partial charge in [0.05, 0.1) is 17.1 Å². The number of carbonyl (C=O) groups excluding carboxylic acids is 1. The minimum Gasteiger partial charge on any atom is -0.360 e. The molecule has 0 radical (unpaired) electrons. The number of nitrogens with zero attached hydrogens (tertiary/aromatic N) is 1. The fraction of sp³-hybridized carbons (Fsp3) is 0.280. The van der Waals surface area contributed by atoms with Crippen LogP contribution in [0.25, 0.3) is 10.9 Å². The molecule has 0 spiro atoms. The normalized spacial score (nSPS) is 14.7. The van der Waals surface area contributed by atoms with E-state index in [1.165, 1.54) is 28.7 Å². The Balaban J connectivity index is 1.72. The zero-order valence-electron chi connectivity index (χ0n) is 18.3. The number of aromatic nitrogens is 1. The predicted molar refractivity (Wildman–Crippen MR) is 130 cm³/mol. The molecule has 3 aromatic rings. The van der Waals surface area contributed by atoms with E-state index in [1.54, 1.807) is 36.4 Å². The van der Waals surface area contributed by atoms with Gasteiger partial charge in [-0.05, 0) is 43.2 Å². The summed E-state index contributed by atoms with van der Waals surface area (Å²) in [5.41, 5.74) is 0.438. The number of para-hydroxylation sites is 1. The molecule has 1 aromatic heterocycles. The molecule has 1 saturated carbocycles. The van der Waals surface area contributed by atoms with Gasteiger partial charge in [-0.25, -0.2) is 8.42 Å². The maximum absolute atomic E-state index is 13.4. The molecule has 1 aliphatic rings. The van der Waals surface area contributed by atoms with Gasteiger partial charge in [-0.1, -0.05) is 43.5 Å². The van der Waals surface area contributed by atoms with Crippen LogP contribution in [-0.2, 0) is 10.0 Å². The van der Waals surface area contributed by atoms with Crippen molar-refractivity contribution in [3.8, 4) is 0 Å². The zero-order chi connectivity index (χ0) is 23.4. The van der Waals surface area contributed by atoms with Crippen molar-refractivity contribution in [2.24, 2.45) is 0 Å². The first-order valence-electron chi connectivity index (χ1n) is 11.1. The largest absolute Gasteiger partial charge is 0.360 e. The summed E-state index contributed by atoms with van der Waals surface area (Å²) in [6.45, 7) is 3.74. The Morgan fingerprint density at radius 3 is 2.55 bits per heavy atom. The number of anilines is 1. The van der Waals surface area contributed by atoms with E-state index in [2.05, 4.69) is 16.9 Å². The van der Waals surface area contributed by atoms with Crippen LogP contribution < -0.4 is 15.1 Å². The Morgan fingerprint density at radius 1 is 1.12 bits per heavy atom. The number of hydrogen-bond donors (Lipinski definition) is 2. The lowest BCUT2D eigenvalue weighted by Gasteiger charge is -2.23. The number of hydrogen-bond acceptors (Lipinski definition) is 4. The maximum atomic E-state index is 13.4. The minimum absolute atomic E-state index is 0.0198. The third-order valence-electron chi connectivity index (χ3n) is 5.96. The monoisotopic (exact) mass is 465 g/mol. The molecule has 0 saturated heterocycles. The number of amides is 1. The van der Waals surface area contributed by atoms with Gasteiger partial charge in [0.1, 0.15) is 5.56 Å². The molecule has 1 heterocycles. The molecule has 7 nitrogen and oxygen atoms in total. The number of fused-ring (bicyclic) bond motifs is 1. The van der Waals surface area contributed by atoms with Gasteiger partial charge in [0.2, 0.25) is 5.43 Å². The highest BCUT2D eigenvalue weighted by Crippen LogP contribution is 2.25. The highest BCUT2D eigenvalue weighted by atomic mass is 32.2. The van der Waals surface area contributed by atoms with Crippen molar-refractivity contribution in [2.75, 3.05) is 10.8 Å². The fourth-order valence-corrected chi connectivity index (χ4v) is 5.68. The topological polar surface area (TPSA) is 99.3 Å². The van der Waals surface area contributed by atoms with E-state index >= 15 is 0 Å². The van der Waals surface area contributed by atoms with Crippen LogP contribution in [0.4, 0.5) is 5.69 Å². The summed E-state index contributed by atoms with van der Waals surface area (Å²) >= 11 is 0. The Hall–Kier alpha value is -3.39. The van der Waals surface area contributed by atoms with Gasteiger partial charge in [0, 0.05) is 23.1 Å². The number of benzene rings is 2. The van der Waals surface area contributed by atoms with Crippen molar-refractivity contribution >= 4 is 32.5 Å². The van der Waals surface area contributed by atoms with Crippen molar-refractivity contribution in [3.05, 3.63) is 83.2 Å². The van der Waals surface area contributed by atoms with E-state index in [9.17, 15) is 18.0 Å². The number of sulfonamides is 1. The number of carbonyl (C=O) groups is 1. The molecular formula is C25H27N3O4S. The van der Waals surface area contributed by atoms with Gasteiger partial charge in [-0.15, -0.1) is 6.58 Å². The van der Waals surface area contributed by atoms with Gasteiger partial charge in [0.15, 0.2) is 0 Å². The summed E-state index contributed by atoms with van der Waals surface area (Å²) in [5, 5.41) is 3.10. The number of rotatable bonds is 7. The summed E-state index contributed by atoms with van der Waals surface area (Å²) in [4.78, 5) is 28.8. The van der Waals surface area contributed by atoms with Crippen LogP contribution in [0.2, 0.25) is 0 Å². The lowest BCUT2D eigenvalue weighted by molar-refractivity contribution is 0.0926. The molecule has 1 fully saturated rings. The van der Waals surface area contributed by atoms with Crippen molar-refractivity contribution in [1.29, 1.82) is 0 Å². The quantitative estimate of drug-likeness (QED) is 0.516. The first kappa shape index (κ1) is 22.8. The summed E-state index contributed by atoms with van der Waals surface area (Å²) in [7, 11) is -3.97. The van der Waals surface area contributed by atoms with Crippen LogP contribution in [0.15, 0.2) is 77.1 Å². The van der Waals surface area contributed by atoms with Gasteiger partial charge in [-0.3, -0.25) is 13.9 Å². The van der Waals surface area contributed by atoms with E-state index in [1.807, 2.05) is 0 Å².